The minimum Gasteiger partial charge on any atom is -0.343 e. The monoisotopic (exact) mass is 409 g/mol. The molecule has 0 aliphatic rings. The van der Waals surface area contributed by atoms with Gasteiger partial charge in [-0.05, 0) is 19.3 Å². The third kappa shape index (κ3) is 20.5. The molecule has 0 aromatic carbocycles. The standard InChI is InChI=1S/C27H55NO/c1-4-7-10-11-12-13-14-15-16-17-18-19-20-21-22-23-24-27(29)28(25-8-5-2)26-9-6-3/h4-26H2,1-3H3. The largest absolute Gasteiger partial charge is 0.343 e. The molecule has 0 bridgehead atoms. The second-order valence-corrected chi connectivity index (χ2v) is 9.14. The summed E-state index contributed by atoms with van der Waals surface area (Å²) in [7, 11) is 0. The van der Waals surface area contributed by atoms with Crippen LogP contribution in [0, 0.1) is 0 Å². The molecule has 0 rings (SSSR count). The fourth-order valence-electron chi connectivity index (χ4n) is 4.04. The Kier molecular flexibility index (Phi) is 23.3. The Bertz CT molecular complexity index is 320. The quantitative estimate of drug-likeness (QED) is 0.154. The summed E-state index contributed by atoms with van der Waals surface area (Å²) in [6, 6.07) is 0. The van der Waals surface area contributed by atoms with E-state index in [4.69, 9.17) is 0 Å². The Labute approximate surface area is 184 Å². The summed E-state index contributed by atoms with van der Waals surface area (Å²) in [5, 5.41) is 0. The van der Waals surface area contributed by atoms with E-state index in [9.17, 15) is 4.79 Å². The van der Waals surface area contributed by atoms with Gasteiger partial charge in [0.05, 0.1) is 0 Å². The molecular weight excluding hydrogens is 354 g/mol. The van der Waals surface area contributed by atoms with E-state index in [0.717, 1.165) is 38.8 Å². The zero-order chi connectivity index (χ0) is 21.4. The molecule has 2 heteroatoms. The first-order chi connectivity index (χ1) is 14.3. The Hall–Kier alpha value is -0.530. The first-order valence-electron chi connectivity index (χ1n) is 13.5. The third-order valence-electron chi connectivity index (χ3n) is 6.16. The van der Waals surface area contributed by atoms with Crippen LogP contribution in [0.25, 0.3) is 0 Å². The SMILES string of the molecule is CCCCCCCCCCCCCCCCCCC(=O)N(CCCC)CCCC. The predicted octanol–water partition coefficient (Wildman–Crippen LogP) is 9.07. The number of amides is 1. The van der Waals surface area contributed by atoms with Crippen LogP contribution in [0.3, 0.4) is 0 Å². The number of carbonyl (C=O) groups excluding carboxylic acids is 1. The van der Waals surface area contributed by atoms with E-state index in [1.165, 1.54) is 109 Å². The molecule has 0 saturated heterocycles. The van der Waals surface area contributed by atoms with E-state index in [1.54, 1.807) is 0 Å². The van der Waals surface area contributed by atoms with Crippen molar-refractivity contribution in [2.24, 2.45) is 0 Å². The first kappa shape index (κ1) is 28.5. The highest BCUT2D eigenvalue weighted by molar-refractivity contribution is 5.76. The highest BCUT2D eigenvalue weighted by Crippen LogP contribution is 2.14. The second kappa shape index (κ2) is 23.7. The fraction of sp³-hybridized carbons (Fsp3) is 0.963. The zero-order valence-corrected chi connectivity index (χ0v) is 20.6. The summed E-state index contributed by atoms with van der Waals surface area (Å²) in [6.07, 6.45) is 27.6. The van der Waals surface area contributed by atoms with Gasteiger partial charge in [0.15, 0.2) is 0 Å². The molecule has 29 heavy (non-hydrogen) atoms. The Morgan fingerprint density at radius 1 is 0.448 bits per heavy atom. The number of carbonyl (C=O) groups is 1. The smallest absolute Gasteiger partial charge is 0.222 e. The maximum Gasteiger partial charge on any atom is 0.222 e. The molecule has 0 N–H and O–H groups in total. The number of rotatable bonds is 23. The summed E-state index contributed by atoms with van der Waals surface area (Å²) in [5.41, 5.74) is 0. The highest BCUT2D eigenvalue weighted by atomic mass is 16.2. The van der Waals surface area contributed by atoms with Gasteiger partial charge in [0.2, 0.25) is 5.91 Å². The fourth-order valence-corrected chi connectivity index (χ4v) is 4.04. The van der Waals surface area contributed by atoms with Crippen molar-refractivity contribution in [2.45, 2.75) is 156 Å². The number of hydrogen-bond donors (Lipinski definition) is 0. The minimum atomic E-state index is 0.400. The van der Waals surface area contributed by atoms with Gasteiger partial charge in [0.25, 0.3) is 0 Å². The van der Waals surface area contributed by atoms with Crippen molar-refractivity contribution in [1.29, 1.82) is 0 Å². The van der Waals surface area contributed by atoms with Crippen LogP contribution >= 0.6 is 0 Å². The van der Waals surface area contributed by atoms with Gasteiger partial charge in [-0.15, -0.1) is 0 Å². The molecule has 0 radical (unpaired) electrons. The van der Waals surface area contributed by atoms with Gasteiger partial charge >= 0.3 is 0 Å². The summed E-state index contributed by atoms with van der Waals surface area (Å²) >= 11 is 0. The van der Waals surface area contributed by atoms with Gasteiger partial charge in [-0.25, -0.2) is 0 Å². The molecule has 2 nitrogen and oxygen atoms in total. The second-order valence-electron chi connectivity index (χ2n) is 9.14. The zero-order valence-electron chi connectivity index (χ0n) is 20.6. The van der Waals surface area contributed by atoms with E-state index < -0.39 is 0 Å². The molecule has 0 fully saturated rings. The van der Waals surface area contributed by atoms with Gasteiger partial charge in [-0.1, -0.05) is 130 Å². The van der Waals surface area contributed by atoms with Crippen LogP contribution in [-0.4, -0.2) is 23.9 Å². The van der Waals surface area contributed by atoms with Gasteiger partial charge in [-0.2, -0.15) is 0 Å². The maximum atomic E-state index is 12.4. The van der Waals surface area contributed by atoms with Crippen LogP contribution in [0.5, 0.6) is 0 Å². The van der Waals surface area contributed by atoms with Crippen LogP contribution in [0.2, 0.25) is 0 Å². The molecule has 0 aromatic heterocycles. The number of nitrogens with zero attached hydrogens (tertiary/aromatic N) is 1. The molecule has 0 aromatic rings. The van der Waals surface area contributed by atoms with Crippen molar-refractivity contribution in [3.8, 4) is 0 Å². The van der Waals surface area contributed by atoms with Crippen molar-refractivity contribution in [3.05, 3.63) is 0 Å². The lowest BCUT2D eigenvalue weighted by Crippen LogP contribution is -2.32. The normalized spacial score (nSPS) is 11.1. The van der Waals surface area contributed by atoms with E-state index in [0.29, 0.717) is 5.91 Å². The van der Waals surface area contributed by atoms with Crippen molar-refractivity contribution >= 4 is 5.91 Å². The summed E-state index contributed by atoms with van der Waals surface area (Å²) in [4.78, 5) is 14.6. The topological polar surface area (TPSA) is 20.3 Å². The van der Waals surface area contributed by atoms with Gasteiger partial charge in [0, 0.05) is 19.5 Å². The van der Waals surface area contributed by atoms with Crippen LogP contribution in [0.1, 0.15) is 156 Å². The molecular formula is C27H55NO. The van der Waals surface area contributed by atoms with Crippen molar-refractivity contribution in [2.75, 3.05) is 13.1 Å². The molecule has 0 spiro atoms. The lowest BCUT2D eigenvalue weighted by atomic mass is 10.0. The minimum absolute atomic E-state index is 0.400. The molecule has 0 heterocycles. The molecule has 0 atom stereocenters. The lowest BCUT2D eigenvalue weighted by molar-refractivity contribution is -0.131. The predicted molar refractivity (Wildman–Crippen MR) is 131 cm³/mol. The highest BCUT2D eigenvalue weighted by Gasteiger charge is 2.11. The Morgan fingerprint density at radius 2 is 0.759 bits per heavy atom. The first-order valence-corrected chi connectivity index (χ1v) is 13.5. The van der Waals surface area contributed by atoms with Crippen LogP contribution in [0.15, 0.2) is 0 Å². The van der Waals surface area contributed by atoms with Gasteiger partial charge in [-0.3, -0.25) is 4.79 Å². The molecule has 0 aliphatic heterocycles. The van der Waals surface area contributed by atoms with Crippen LogP contribution in [0.4, 0.5) is 0 Å². The van der Waals surface area contributed by atoms with E-state index in [-0.39, 0.29) is 0 Å². The molecule has 0 unspecified atom stereocenters. The lowest BCUT2D eigenvalue weighted by Gasteiger charge is -2.22. The van der Waals surface area contributed by atoms with Crippen molar-refractivity contribution < 1.29 is 4.79 Å². The maximum absolute atomic E-state index is 12.4. The summed E-state index contributed by atoms with van der Waals surface area (Å²) < 4.78 is 0. The third-order valence-corrected chi connectivity index (χ3v) is 6.16. The Morgan fingerprint density at radius 3 is 1.10 bits per heavy atom. The molecule has 0 aliphatic carbocycles. The van der Waals surface area contributed by atoms with Gasteiger partial charge < -0.3 is 4.90 Å². The van der Waals surface area contributed by atoms with E-state index in [1.807, 2.05) is 0 Å². The van der Waals surface area contributed by atoms with E-state index >= 15 is 0 Å². The summed E-state index contributed by atoms with van der Waals surface area (Å²) in [6.45, 7) is 8.64. The Balaban J connectivity index is 3.39. The van der Waals surface area contributed by atoms with Gasteiger partial charge in [0.1, 0.15) is 0 Å². The van der Waals surface area contributed by atoms with Crippen molar-refractivity contribution in [1.82, 2.24) is 4.90 Å². The molecule has 0 saturated carbocycles. The molecule has 174 valence electrons. The number of hydrogen-bond acceptors (Lipinski definition) is 1. The van der Waals surface area contributed by atoms with Crippen molar-refractivity contribution in [3.63, 3.8) is 0 Å². The van der Waals surface area contributed by atoms with Crippen LogP contribution < -0.4 is 0 Å². The number of unbranched alkanes of at least 4 members (excludes halogenated alkanes) is 17. The molecule has 1 amide bonds. The van der Waals surface area contributed by atoms with E-state index in [2.05, 4.69) is 25.7 Å². The summed E-state index contributed by atoms with van der Waals surface area (Å²) in [5.74, 6) is 0.400. The average molecular weight is 410 g/mol. The average Bonchev–Trinajstić information content (AvgIpc) is 2.73. The van der Waals surface area contributed by atoms with Crippen LogP contribution in [-0.2, 0) is 4.79 Å².